The van der Waals surface area contributed by atoms with Crippen LogP contribution in [0.4, 0.5) is 0 Å². The lowest BCUT2D eigenvalue weighted by molar-refractivity contribution is 0.466. The average molecular weight is 270 g/mol. The molecule has 0 saturated heterocycles. The highest BCUT2D eigenvalue weighted by atomic mass is 35.5. The van der Waals surface area contributed by atoms with Crippen LogP contribution in [0.2, 0.25) is 10.0 Å². The quantitative estimate of drug-likeness (QED) is 0.905. The van der Waals surface area contributed by atoms with E-state index in [4.69, 9.17) is 27.6 Å². The van der Waals surface area contributed by atoms with Gasteiger partial charge in [-0.05, 0) is 31.3 Å². The van der Waals surface area contributed by atoms with Crippen molar-refractivity contribution in [3.05, 3.63) is 58.0 Å². The molecule has 0 aliphatic rings. The molecule has 0 spiro atoms. The molecule has 0 amide bonds. The van der Waals surface area contributed by atoms with Gasteiger partial charge in [-0.2, -0.15) is 0 Å². The topological polar surface area (TPSA) is 25.2 Å². The number of furan rings is 1. The van der Waals surface area contributed by atoms with Crippen LogP contribution < -0.4 is 5.32 Å². The van der Waals surface area contributed by atoms with E-state index in [1.165, 1.54) is 0 Å². The molecule has 0 saturated carbocycles. The molecule has 1 heterocycles. The van der Waals surface area contributed by atoms with E-state index < -0.39 is 0 Å². The van der Waals surface area contributed by atoms with Gasteiger partial charge in [-0.3, -0.25) is 0 Å². The number of hydrogen-bond donors (Lipinski definition) is 1. The summed E-state index contributed by atoms with van der Waals surface area (Å²) >= 11 is 12.4. The Balaban J connectivity index is 2.29. The minimum Gasteiger partial charge on any atom is -0.469 e. The normalized spacial score (nSPS) is 12.6. The van der Waals surface area contributed by atoms with Crippen molar-refractivity contribution in [2.75, 3.05) is 7.05 Å². The van der Waals surface area contributed by atoms with E-state index in [1.54, 1.807) is 6.26 Å². The molecule has 17 heavy (non-hydrogen) atoms. The van der Waals surface area contributed by atoms with Gasteiger partial charge < -0.3 is 9.73 Å². The van der Waals surface area contributed by atoms with Crippen molar-refractivity contribution in [2.24, 2.45) is 0 Å². The van der Waals surface area contributed by atoms with Crippen LogP contribution in [0.15, 0.2) is 41.0 Å². The van der Waals surface area contributed by atoms with Gasteiger partial charge in [0.05, 0.1) is 6.26 Å². The maximum Gasteiger partial charge on any atom is 0.105 e. The van der Waals surface area contributed by atoms with E-state index in [1.807, 2.05) is 37.4 Å². The summed E-state index contributed by atoms with van der Waals surface area (Å²) in [6, 6.07) is 9.38. The molecule has 0 aliphatic heterocycles. The summed E-state index contributed by atoms with van der Waals surface area (Å²) in [6.07, 6.45) is 2.38. The highest BCUT2D eigenvalue weighted by Crippen LogP contribution is 2.31. The molecule has 0 radical (unpaired) electrons. The second-order valence-electron chi connectivity index (χ2n) is 3.76. The molecule has 1 unspecified atom stereocenters. The van der Waals surface area contributed by atoms with Crippen LogP contribution in [0, 0.1) is 0 Å². The highest BCUT2D eigenvalue weighted by Gasteiger charge is 2.17. The van der Waals surface area contributed by atoms with Crippen LogP contribution in [0.25, 0.3) is 0 Å². The molecule has 1 atom stereocenters. The van der Waals surface area contributed by atoms with Crippen LogP contribution in [0.5, 0.6) is 0 Å². The first-order chi connectivity index (χ1) is 8.22. The SMILES string of the molecule is CNC(Cc1ccco1)c1c(Cl)cccc1Cl. The Morgan fingerprint density at radius 2 is 1.88 bits per heavy atom. The van der Waals surface area contributed by atoms with E-state index >= 15 is 0 Å². The lowest BCUT2D eigenvalue weighted by Gasteiger charge is -2.18. The van der Waals surface area contributed by atoms with Gasteiger partial charge >= 0.3 is 0 Å². The van der Waals surface area contributed by atoms with E-state index in [-0.39, 0.29) is 6.04 Å². The first-order valence-corrected chi connectivity index (χ1v) is 6.11. The van der Waals surface area contributed by atoms with Crippen molar-refractivity contribution >= 4 is 23.2 Å². The van der Waals surface area contributed by atoms with E-state index in [0.29, 0.717) is 16.5 Å². The standard InChI is InChI=1S/C13H13Cl2NO/c1-16-12(8-9-4-3-7-17-9)13-10(14)5-2-6-11(13)15/h2-7,12,16H,8H2,1H3. The molecule has 2 nitrogen and oxygen atoms in total. The smallest absolute Gasteiger partial charge is 0.105 e. The molecule has 90 valence electrons. The fourth-order valence-corrected chi connectivity index (χ4v) is 2.48. The van der Waals surface area contributed by atoms with Crippen molar-refractivity contribution < 1.29 is 4.42 Å². The summed E-state index contributed by atoms with van der Waals surface area (Å²) in [6.45, 7) is 0. The van der Waals surface area contributed by atoms with Crippen LogP contribution in [0.1, 0.15) is 17.4 Å². The number of nitrogens with one attached hydrogen (secondary N) is 1. The largest absolute Gasteiger partial charge is 0.469 e. The summed E-state index contributed by atoms with van der Waals surface area (Å²) in [5.41, 5.74) is 0.912. The average Bonchev–Trinajstić information content (AvgIpc) is 2.80. The van der Waals surface area contributed by atoms with Crippen LogP contribution >= 0.6 is 23.2 Å². The van der Waals surface area contributed by atoms with E-state index in [2.05, 4.69) is 5.32 Å². The van der Waals surface area contributed by atoms with Gasteiger partial charge in [0.2, 0.25) is 0 Å². The van der Waals surface area contributed by atoms with E-state index in [0.717, 1.165) is 11.3 Å². The molecule has 0 fully saturated rings. The molecule has 1 aromatic heterocycles. The Bertz CT molecular complexity index is 462. The number of rotatable bonds is 4. The highest BCUT2D eigenvalue weighted by molar-refractivity contribution is 6.36. The molecule has 1 aromatic carbocycles. The van der Waals surface area contributed by atoms with Crippen molar-refractivity contribution in [1.29, 1.82) is 0 Å². The Kier molecular flexibility index (Phi) is 4.11. The van der Waals surface area contributed by atoms with Crippen molar-refractivity contribution in [1.82, 2.24) is 5.32 Å². The number of benzene rings is 1. The van der Waals surface area contributed by atoms with Crippen molar-refractivity contribution in [3.8, 4) is 0 Å². The molecule has 0 aliphatic carbocycles. The maximum atomic E-state index is 6.19. The predicted octanol–water partition coefficient (Wildman–Crippen LogP) is 4.09. The Hall–Kier alpha value is -0.960. The van der Waals surface area contributed by atoms with Gasteiger partial charge in [-0.1, -0.05) is 29.3 Å². The molecular weight excluding hydrogens is 257 g/mol. The van der Waals surface area contributed by atoms with Gasteiger partial charge in [-0.15, -0.1) is 0 Å². The molecular formula is C13H13Cl2NO. The molecule has 0 bridgehead atoms. The second-order valence-corrected chi connectivity index (χ2v) is 4.57. The number of likely N-dealkylation sites (N-methyl/N-ethyl adjacent to an activating group) is 1. The number of halogens is 2. The predicted molar refractivity (Wildman–Crippen MR) is 70.7 cm³/mol. The first kappa shape index (κ1) is 12.5. The third-order valence-corrected chi connectivity index (χ3v) is 3.34. The maximum absolute atomic E-state index is 6.19. The Morgan fingerprint density at radius 3 is 2.41 bits per heavy atom. The molecule has 4 heteroatoms. The molecule has 1 N–H and O–H groups in total. The van der Waals surface area contributed by atoms with Gasteiger partial charge in [0, 0.05) is 28.1 Å². The van der Waals surface area contributed by atoms with E-state index in [9.17, 15) is 0 Å². The fourth-order valence-electron chi connectivity index (χ4n) is 1.82. The summed E-state index contributed by atoms with van der Waals surface area (Å²) in [5, 5.41) is 4.55. The van der Waals surface area contributed by atoms with Gasteiger partial charge in [0.1, 0.15) is 5.76 Å². The minimum absolute atomic E-state index is 0.0438. The van der Waals surface area contributed by atoms with Crippen LogP contribution in [0.3, 0.4) is 0 Å². The van der Waals surface area contributed by atoms with Gasteiger partial charge in [-0.25, -0.2) is 0 Å². The van der Waals surface area contributed by atoms with Gasteiger partial charge in [0.25, 0.3) is 0 Å². The second kappa shape index (κ2) is 5.58. The number of hydrogen-bond acceptors (Lipinski definition) is 2. The summed E-state index contributed by atoms with van der Waals surface area (Å²) in [7, 11) is 1.88. The minimum atomic E-state index is 0.0438. The van der Waals surface area contributed by atoms with Crippen LogP contribution in [-0.2, 0) is 6.42 Å². The zero-order valence-corrected chi connectivity index (χ0v) is 10.9. The zero-order valence-electron chi connectivity index (χ0n) is 9.41. The lowest BCUT2D eigenvalue weighted by atomic mass is 10.0. The third-order valence-electron chi connectivity index (χ3n) is 2.68. The van der Waals surface area contributed by atoms with Gasteiger partial charge in [0.15, 0.2) is 0 Å². The lowest BCUT2D eigenvalue weighted by Crippen LogP contribution is -2.19. The third kappa shape index (κ3) is 2.83. The summed E-state index contributed by atoms with van der Waals surface area (Å²) in [4.78, 5) is 0. The summed E-state index contributed by atoms with van der Waals surface area (Å²) < 4.78 is 5.34. The van der Waals surface area contributed by atoms with Crippen molar-refractivity contribution in [3.63, 3.8) is 0 Å². The Labute approximate surface area is 111 Å². The van der Waals surface area contributed by atoms with Crippen molar-refractivity contribution in [2.45, 2.75) is 12.5 Å². The molecule has 2 aromatic rings. The zero-order chi connectivity index (χ0) is 12.3. The summed E-state index contributed by atoms with van der Waals surface area (Å²) in [5.74, 6) is 0.903. The molecule has 2 rings (SSSR count). The Morgan fingerprint density at radius 1 is 1.18 bits per heavy atom. The monoisotopic (exact) mass is 269 g/mol. The fraction of sp³-hybridized carbons (Fsp3) is 0.231. The first-order valence-electron chi connectivity index (χ1n) is 5.36. The van der Waals surface area contributed by atoms with Crippen LogP contribution in [-0.4, -0.2) is 7.05 Å².